The van der Waals surface area contributed by atoms with Gasteiger partial charge in [0.25, 0.3) is 10.0 Å². The Kier molecular flexibility index (Phi) is 10.8. The molecule has 230 valence electrons. The van der Waals surface area contributed by atoms with Crippen LogP contribution < -0.4 is 9.62 Å². The molecule has 7 nitrogen and oxygen atoms in total. The Labute approximate surface area is 265 Å². The van der Waals surface area contributed by atoms with Crippen molar-refractivity contribution in [1.29, 1.82) is 0 Å². The van der Waals surface area contributed by atoms with Crippen molar-refractivity contribution in [2.75, 3.05) is 10.8 Å². The first-order valence-electron chi connectivity index (χ1n) is 14.6. The Morgan fingerprint density at radius 3 is 2.16 bits per heavy atom. The maximum Gasteiger partial charge on any atom is 0.264 e. The molecule has 1 atom stereocenters. The third-order valence-electron chi connectivity index (χ3n) is 7.93. The normalized spacial score (nSPS) is 14.4. The first-order valence-corrected chi connectivity index (χ1v) is 16.8. The number of nitrogens with one attached hydrogen (secondary N) is 1. The average Bonchev–Trinajstić information content (AvgIpc) is 3.47. The van der Waals surface area contributed by atoms with E-state index in [1.54, 1.807) is 48.5 Å². The van der Waals surface area contributed by atoms with Gasteiger partial charge in [-0.15, -0.1) is 0 Å². The molecule has 1 N–H and O–H groups in total. The van der Waals surface area contributed by atoms with Crippen LogP contribution in [-0.2, 0) is 26.2 Å². The van der Waals surface area contributed by atoms with E-state index < -0.39 is 28.5 Å². The minimum atomic E-state index is -4.14. The number of carbonyl (C=O) groups is 2. The number of halogens is 2. The number of anilines is 1. The Morgan fingerprint density at radius 2 is 1.56 bits per heavy atom. The third-order valence-corrected chi connectivity index (χ3v) is 10.4. The molecule has 0 aromatic heterocycles. The molecule has 4 rings (SSSR count). The van der Waals surface area contributed by atoms with Gasteiger partial charge in [0.15, 0.2) is 0 Å². The number of carbonyl (C=O) groups excluding carboxylic acids is 2. The highest BCUT2D eigenvalue weighted by molar-refractivity contribution is 7.92. The lowest BCUT2D eigenvalue weighted by atomic mass is 10.1. The zero-order valence-electron chi connectivity index (χ0n) is 25.1. The summed E-state index contributed by atoms with van der Waals surface area (Å²) < 4.78 is 29.4. The maximum atomic E-state index is 14.3. The van der Waals surface area contributed by atoms with Gasteiger partial charge in [0.1, 0.15) is 12.6 Å². The highest BCUT2D eigenvalue weighted by Gasteiger charge is 2.35. The van der Waals surface area contributed by atoms with E-state index in [9.17, 15) is 18.0 Å². The van der Waals surface area contributed by atoms with Crippen LogP contribution in [0.15, 0.2) is 65.6 Å². The average molecular weight is 645 g/mol. The standard InChI is InChI=1S/C33H39Cl2N3O4S/c1-5-30(33(40)36-26-8-6-7-9-26)37(20-25-13-16-28(34)29(35)19-25)32(39)21-38(31-17-12-23(3)18-24(31)4)43(41,42)27-14-10-22(2)11-15-27/h10-19,26,30H,5-9,20-21H2,1-4H3,(H,36,40)/t30-/m0/s1. The molecule has 1 fully saturated rings. The third kappa shape index (κ3) is 7.91. The molecule has 0 spiro atoms. The molecular weight excluding hydrogens is 605 g/mol. The van der Waals surface area contributed by atoms with Crippen molar-refractivity contribution in [3.63, 3.8) is 0 Å². The summed E-state index contributed by atoms with van der Waals surface area (Å²) >= 11 is 12.4. The van der Waals surface area contributed by atoms with E-state index in [2.05, 4.69) is 5.32 Å². The molecule has 0 radical (unpaired) electrons. The second-order valence-corrected chi connectivity index (χ2v) is 14.0. The maximum absolute atomic E-state index is 14.3. The smallest absolute Gasteiger partial charge is 0.264 e. The van der Waals surface area contributed by atoms with Crippen LogP contribution in [0.25, 0.3) is 0 Å². The molecule has 0 saturated heterocycles. The molecule has 0 aliphatic heterocycles. The predicted molar refractivity (Wildman–Crippen MR) is 173 cm³/mol. The van der Waals surface area contributed by atoms with Gasteiger partial charge in [-0.2, -0.15) is 0 Å². The van der Waals surface area contributed by atoms with Crippen LogP contribution in [0, 0.1) is 20.8 Å². The Balaban J connectivity index is 1.75. The Bertz CT molecular complexity index is 1570. The Morgan fingerprint density at radius 1 is 0.907 bits per heavy atom. The molecule has 3 aromatic rings. The molecule has 0 heterocycles. The zero-order valence-corrected chi connectivity index (χ0v) is 27.4. The lowest BCUT2D eigenvalue weighted by molar-refractivity contribution is -0.140. The number of nitrogens with zero attached hydrogens (tertiary/aromatic N) is 2. The van der Waals surface area contributed by atoms with Crippen molar-refractivity contribution >= 4 is 50.7 Å². The fourth-order valence-corrected chi connectivity index (χ4v) is 7.36. The van der Waals surface area contributed by atoms with E-state index in [1.807, 2.05) is 39.8 Å². The summed E-state index contributed by atoms with van der Waals surface area (Å²) in [5.74, 6) is -0.752. The van der Waals surface area contributed by atoms with Crippen LogP contribution >= 0.6 is 23.2 Å². The number of amides is 2. The number of hydrogen-bond donors (Lipinski definition) is 1. The van der Waals surface area contributed by atoms with Crippen LogP contribution in [0.5, 0.6) is 0 Å². The van der Waals surface area contributed by atoms with Gasteiger partial charge in [0.2, 0.25) is 11.8 Å². The first-order chi connectivity index (χ1) is 20.4. The predicted octanol–water partition coefficient (Wildman–Crippen LogP) is 6.98. The van der Waals surface area contributed by atoms with E-state index in [0.717, 1.165) is 41.1 Å². The van der Waals surface area contributed by atoms with E-state index in [0.29, 0.717) is 33.3 Å². The zero-order chi connectivity index (χ0) is 31.3. The fraction of sp³-hybridized carbons (Fsp3) is 0.394. The summed E-state index contributed by atoms with van der Waals surface area (Å²) in [6.45, 7) is 7.03. The van der Waals surface area contributed by atoms with Gasteiger partial charge < -0.3 is 10.2 Å². The summed E-state index contributed by atoms with van der Waals surface area (Å²) in [7, 11) is -4.14. The van der Waals surface area contributed by atoms with Gasteiger partial charge in [0, 0.05) is 12.6 Å². The van der Waals surface area contributed by atoms with Crippen LogP contribution in [-0.4, -0.2) is 43.8 Å². The number of rotatable bonds is 11. The summed E-state index contributed by atoms with van der Waals surface area (Å²) in [5.41, 5.74) is 3.67. The lowest BCUT2D eigenvalue weighted by Crippen LogP contribution is -2.53. The van der Waals surface area contributed by atoms with Crippen LogP contribution in [0.3, 0.4) is 0 Å². The molecule has 0 bridgehead atoms. The molecule has 10 heteroatoms. The van der Waals surface area contributed by atoms with Gasteiger partial charge in [-0.25, -0.2) is 8.42 Å². The van der Waals surface area contributed by atoms with Crippen LogP contribution in [0.2, 0.25) is 10.0 Å². The quantitative estimate of drug-likeness (QED) is 0.244. The largest absolute Gasteiger partial charge is 0.352 e. The fourth-order valence-electron chi connectivity index (χ4n) is 5.56. The van der Waals surface area contributed by atoms with E-state index in [1.165, 1.54) is 4.90 Å². The van der Waals surface area contributed by atoms with Gasteiger partial charge in [-0.05, 0) is 81.5 Å². The van der Waals surface area contributed by atoms with Crippen molar-refractivity contribution in [3.8, 4) is 0 Å². The van der Waals surface area contributed by atoms with Gasteiger partial charge in [-0.1, -0.05) is 84.4 Å². The van der Waals surface area contributed by atoms with E-state index in [4.69, 9.17) is 23.2 Å². The molecule has 43 heavy (non-hydrogen) atoms. The second-order valence-electron chi connectivity index (χ2n) is 11.3. The topological polar surface area (TPSA) is 86.8 Å². The van der Waals surface area contributed by atoms with Gasteiger partial charge in [-0.3, -0.25) is 13.9 Å². The summed E-state index contributed by atoms with van der Waals surface area (Å²) in [4.78, 5) is 29.5. The van der Waals surface area contributed by atoms with Gasteiger partial charge in [0.05, 0.1) is 20.6 Å². The minimum absolute atomic E-state index is 0.0532. The highest BCUT2D eigenvalue weighted by Crippen LogP contribution is 2.29. The number of hydrogen-bond acceptors (Lipinski definition) is 4. The summed E-state index contributed by atoms with van der Waals surface area (Å²) in [6.07, 6.45) is 4.25. The van der Waals surface area contributed by atoms with Gasteiger partial charge >= 0.3 is 0 Å². The molecular formula is C33H39Cl2N3O4S. The van der Waals surface area contributed by atoms with Crippen molar-refractivity contribution in [3.05, 3.63) is 93.0 Å². The molecule has 3 aromatic carbocycles. The highest BCUT2D eigenvalue weighted by atomic mass is 35.5. The monoisotopic (exact) mass is 643 g/mol. The Hall–Kier alpha value is -3.07. The summed E-state index contributed by atoms with van der Waals surface area (Å²) in [6, 6.07) is 16.3. The number of benzene rings is 3. The van der Waals surface area contributed by atoms with Crippen molar-refractivity contribution in [2.45, 2.75) is 83.3 Å². The molecule has 0 unspecified atom stereocenters. The first kappa shape index (κ1) is 32.8. The summed E-state index contributed by atoms with van der Waals surface area (Å²) in [5, 5.41) is 3.82. The van der Waals surface area contributed by atoms with Crippen molar-refractivity contribution < 1.29 is 18.0 Å². The van der Waals surface area contributed by atoms with Crippen LogP contribution in [0.1, 0.15) is 61.3 Å². The van der Waals surface area contributed by atoms with E-state index in [-0.39, 0.29) is 23.4 Å². The second kappa shape index (κ2) is 14.1. The molecule has 2 amide bonds. The number of aryl methyl sites for hydroxylation is 3. The number of sulfonamides is 1. The van der Waals surface area contributed by atoms with Crippen molar-refractivity contribution in [1.82, 2.24) is 10.2 Å². The molecule has 1 saturated carbocycles. The molecule has 1 aliphatic rings. The van der Waals surface area contributed by atoms with E-state index >= 15 is 0 Å². The SMILES string of the molecule is CC[C@@H](C(=O)NC1CCCC1)N(Cc1ccc(Cl)c(Cl)c1)C(=O)CN(c1ccc(C)cc1C)S(=O)(=O)c1ccc(C)cc1. The lowest BCUT2D eigenvalue weighted by Gasteiger charge is -2.34. The molecule has 1 aliphatic carbocycles. The van der Waals surface area contributed by atoms with Crippen LogP contribution in [0.4, 0.5) is 5.69 Å². The minimum Gasteiger partial charge on any atom is -0.352 e. The van der Waals surface area contributed by atoms with Crippen molar-refractivity contribution in [2.24, 2.45) is 0 Å².